The van der Waals surface area contributed by atoms with Gasteiger partial charge in [0.2, 0.25) is 5.89 Å². The van der Waals surface area contributed by atoms with Crippen LogP contribution in [0.4, 0.5) is 5.69 Å². The van der Waals surface area contributed by atoms with E-state index in [9.17, 15) is 10.1 Å². The van der Waals surface area contributed by atoms with Gasteiger partial charge in [0.1, 0.15) is 17.0 Å². The number of nitro groups is 1. The van der Waals surface area contributed by atoms with Crippen molar-refractivity contribution in [1.29, 1.82) is 0 Å². The monoisotopic (exact) mass is 496 g/mol. The smallest absolute Gasteiger partial charge is 0.384 e. The SMILES string of the molecule is O=[N+]([O-])c1ccc(OP(=S)(Cl)Oc2ccc3ccccc3c2-c2nc3ccccc3o2)cc1. The van der Waals surface area contributed by atoms with E-state index in [2.05, 4.69) is 4.98 Å². The summed E-state index contributed by atoms with van der Waals surface area (Å²) in [6.45, 7) is 0. The molecule has 1 aromatic heterocycles. The van der Waals surface area contributed by atoms with Gasteiger partial charge in [-0.3, -0.25) is 10.1 Å². The Hall–Kier alpha value is -3.45. The highest BCUT2D eigenvalue weighted by Gasteiger charge is 2.25. The summed E-state index contributed by atoms with van der Waals surface area (Å²) < 4.78 is 17.7. The Balaban J connectivity index is 1.55. The average molecular weight is 497 g/mol. The van der Waals surface area contributed by atoms with Crippen molar-refractivity contribution in [2.24, 2.45) is 0 Å². The van der Waals surface area contributed by atoms with E-state index in [1.807, 2.05) is 54.6 Å². The second kappa shape index (κ2) is 8.48. The number of non-ortho nitro benzene ring substituents is 1. The Morgan fingerprint density at radius 2 is 1.67 bits per heavy atom. The molecule has 0 aliphatic carbocycles. The van der Waals surface area contributed by atoms with Crippen molar-refractivity contribution in [3.63, 3.8) is 0 Å². The van der Waals surface area contributed by atoms with Gasteiger partial charge in [0.25, 0.3) is 5.69 Å². The normalized spacial score (nSPS) is 13.0. The molecular formula is C23H14ClN2O5PS. The Morgan fingerprint density at radius 1 is 0.939 bits per heavy atom. The first-order valence-corrected chi connectivity index (χ1v) is 13.2. The average Bonchev–Trinajstić information content (AvgIpc) is 3.22. The molecule has 0 saturated carbocycles. The molecule has 10 heteroatoms. The first-order chi connectivity index (χ1) is 15.9. The molecule has 0 aliphatic heterocycles. The van der Waals surface area contributed by atoms with Crippen LogP contribution in [0, 0.1) is 10.1 Å². The summed E-state index contributed by atoms with van der Waals surface area (Å²) >= 11 is 11.9. The predicted octanol–water partition coefficient (Wildman–Crippen LogP) is 7.48. The summed E-state index contributed by atoms with van der Waals surface area (Å²) in [7, 11) is 0. The summed E-state index contributed by atoms with van der Waals surface area (Å²) in [5, 5.41) is 12.7. The third-order valence-corrected chi connectivity index (χ3v) is 6.57. The van der Waals surface area contributed by atoms with E-state index >= 15 is 0 Å². The van der Waals surface area contributed by atoms with E-state index in [0.29, 0.717) is 28.3 Å². The molecule has 5 rings (SSSR count). The number of nitro benzene ring substituents is 1. The van der Waals surface area contributed by atoms with Crippen molar-refractivity contribution in [2.45, 2.75) is 0 Å². The maximum atomic E-state index is 10.9. The zero-order chi connectivity index (χ0) is 23.0. The molecule has 0 N–H and O–H groups in total. The zero-order valence-electron chi connectivity index (χ0n) is 16.8. The second-order valence-electron chi connectivity index (χ2n) is 7.01. The van der Waals surface area contributed by atoms with E-state index in [0.717, 1.165) is 10.8 Å². The topological polar surface area (TPSA) is 87.6 Å². The fraction of sp³-hybridized carbons (Fsp3) is 0. The van der Waals surface area contributed by atoms with Gasteiger partial charge in [0.15, 0.2) is 5.58 Å². The van der Waals surface area contributed by atoms with Crippen molar-refractivity contribution < 1.29 is 18.4 Å². The van der Waals surface area contributed by atoms with Crippen LogP contribution in [-0.2, 0) is 11.8 Å². The van der Waals surface area contributed by atoms with Crippen LogP contribution in [0.15, 0.2) is 89.3 Å². The predicted molar refractivity (Wildman–Crippen MR) is 131 cm³/mol. The summed E-state index contributed by atoms with van der Waals surface area (Å²) in [6.07, 6.45) is 0. The number of para-hydroxylation sites is 2. The summed E-state index contributed by atoms with van der Waals surface area (Å²) in [5.41, 5.74) is 1.88. The molecule has 0 bridgehead atoms. The highest BCUT2D eigenvalue weighted by atomic mass is 35.7. The van der Waals surface area contributed by atoms with Crippen molar-refractivity contribution in [3.8, 4) is 23.0 Å². The Labute approximate surface area is 197 Å². The molecule has 7 nitrogen and oxygen atoms in total. The molecule has 0 fully saturated rings. The van der Waals surface area contributed by atoms with E-state index in [-0.39, 0.29) is 11.4 Å². The molecule has 1 atom stereocenters. The molecule has 0 spiro atoms. The lowest BCUT2D eigenvalue weighted by atomic mass is 10.0. The third kappa shape index (κ3) is 4.41. The fourth-order valence-electron chi connectivity index (χ4n) is 3.42. The Bertz CT molecular complexity index is 1520. The molecule has 1 heterocycles. The van der Waals surface area contributed by atoms with Gasteiger partial charge in [-0.15, -0.1) is 0 Å². The van der Waals surface area contributed by atoms with Crippen LogP contribution in [0.25, 0.3) is 33.3 Å². The first kappa shape index (κ1) is 21.4. The van der Waals surface area contributed by atoms with Crippen LogP contribution in [0.2, 0.25) is 0 Å². The van der Waals surface area contributed by atoms with Crippen LogP contribution in [0.3, 0.4) is 0 Å². The molecule has 0 amide bonds. The maximum absolute atomic E-state index is 10.9. The van der Waals surface area contributed by atoms with Gasteiger partial charge in [0, 0.05) is 23.9 Å². The van der Waals surface area contributed by atoms with Crippen molar-refractivity contribution in [3.05, 3.63) is 95.0 Å². The minimum Gasteiger partial charge on any atom is -0.436 e. The molecule has 0 aliphatic rings. The number of hydrogen-bond acceptors (Lipinski definition) is 7. The maximum Gasteiger partial charge on any atom is 0.384 e. The summed E-state index contributed by atoms with van der Waals surface area (Å²) in [5.74, 6) is -2.37. The largest absolute Gasteiger partial charge is 0.436 e. The van der Waals surface area contributed by atoms with Crippen molar-refractivity contribution in [1.82, 2.24) is 4.98 Å². The van der Waals surface area contributed by atoms with Crippen LogP contribution in [0.5, 0.6) is 11.5 Å². The second-order valence-corrected chi connectivity index (χ2v) is 11.6. The molecule has 0 radical (unpaired) electrons. The minimum absolute atomic E-state index is 0.0704. The van der Waals surface area contributed by atoms with Gasteiger partial charge >= 0.3 is 5.84 Å². The van der Waals surface area contributed by atoms with Crippen LogP contribution in [0.1, 0.15) is 0 Å². The highest BCUT2D eigenvalue weighted by molar-refractivity contribution is 8.22. The molecule has 4 aromatic carbocycles. The molecule has 164 valence electrons. The van der Waals surface area contributed by atoms with Crippen LogP contribution >= 0.6 is 17.1 Å². The lowest BCUT2D eigenvalue weighted by Crippen LogP contribution is -1.97. The lowest BCUT2D eigenvalue weighted by Gasteiger charge is -2.19. The summed E-state index contributed by atoms with van der Waals surface area (Å²) in [4.78, 5) is 15.0. The number of benzene rings is 4. The molecule has 33 heavy (non-hydrogen) atoms. The third-order valence-electron chi connectivity index (χ3n) is 4.87. The van der Waals surface area contributed by atoms with E-state index < -0.39 is 10.8 Å². The zero-order valence-corrected chi connectivity index (χ0v) is 19.2. The Morgan fingerprint density at radius 3 is 2.42 bits per heavy atom. The minimum atomic E-state index is -3.37. The number of nitrogens with zero attached hydrogens (tertiary/aromatic N) is 2. The number of hydrogen-bond donors (Lipinski definition) is 0. The van der Waals surface area contributed by atoms with Gasteiger partial charge in [-0.2, -0.15) is 0 Å². The molecule has 0 saturated heterocycles. The molecule has 5 aromatic rings. The highest BCUT2D eigenvalue weighted by Crippen LogP contribution is 2.55. The van der Waals surface area contributed by atoms with E-state index in [1.54, 1.807) is 6.07 Å². The van der Waals surface area contributed by atoms with Gasteiger partial charge in [-0.1, -0.05) is 42.5 Å². The van der Waals surface area contributed by atoms with Crippen molar-refractivity contribution in [2.75, 3.05) is 0 Å². The van der Waals surface area contributed by atoms with Crippen LogP contribution in [-0.4, -0.2) is 9.91 Å². The number of halogens is 1. The van der Waals surface area contributed by atoms with Crippen molar-refractivity contribution >= 4 is 56.5 Å². The number of rotatable bonds is 6. The van der Waals surface area contributed by atoms with Gasteiger partial charge in [-0.25, -0.2) is 4.98 Å². The van der Waals surface area contributed by atoms with E-state index in [1.165, 1.54) is 24.3 Å². The van der Waals surface area contributed by atoms with Gasteiger partial charge in [-0.05, 0) is 52.3 Å². The number of aromatic nitrogens is 1. The number of fused-ring (bicyclic) bond motifs is 2. The van der Waals surface area contributed by atoms with E-state index in [4.69, 9.17) is 36.5 Å². The molecular weight excluding hydrogens is 483 g/mol. The Kier molecular flexibility index (Phi) is 5.50. The molecule has 1 unspecified atom stereocenters. The lowest BCUT2D eigenvalue weighted by molar-refractivity contribution is -0.384. The van der Waals surface area contributed by atoms with Gasteiger partial charge in [0.05, 0.1) is 10.5 Å². The van der Waals surface area contributed by atoms with Gasteiger partial charge < -0.3 is 13.5 Å². The number of oxazole rings is 1. The summed E-state index contributed by atoms with van der Waals surface area (Å²) in [6, 6.07) is 24.3. The fourth-order valence-corrected chi connectivity index (χ4v) is 5.18. The first-order valence-electron chi connectivity index (χ1n) is 9.71. The van der Waals surface area contributed by atoms with Crippen LogP contribution < -0.4 is 9.05 Å². The quantitative estimate of drug-likeness (QED) is 0.137. The standard InChI is InChI=1S/C23H14ClN2O5PS/c24-32(33,30-17-12-10-16(11-13-17)26(27)28)31-21-14-9-15-5-1-2-6-18(15)22(21)23-25-19-7-3-4-8-20(19)29-23/h1-14H.